The molecule has 0 bridgehead atoms. The Morgan fingerprint density at radius 1 is 1.00 bits per heavy atom. The number of hydrogen-bond acceptors (Lipinski definition) is 7. The van der Waals surface area contributed by atoms with Crippen molar-refractivity contribution in [3.63, 3.8) is 0 Å². The Morgan fingerprint density at radius 2 is 1.66 bits per heavy atom. The van der Waals surface area contributed by atoms with Gasteiger partial charge in [0.05, 0.1) is 16.9 Å². The summed E-state index contributed by atoms with van der Waals surface area (Å²) >= 11 is 0. The Labute approximate surface area is 184 Å². The summed E-state index contributed by atoms with van der Waals surface area (Å²) in [6.45, 7) is 0.766. The van der Waals surface area contributed by atoms with E-state index in [-0.39, 0.29) is 22.0 Å². The number of carbonyl (C=O) groups is 1. The number of carbonyl (C=O) groups excluding carboxylic acids is 1. The van der Waals surface area contributed by atoms with Crippen molar-refractivity contribution in [3.8, 4) is 11.5 Å². The lowest BCUT2D eigenvalue weighted by molar-refractivity contribution is -0.385. The average Bonchev–Trinajstić information content (AvgIpc) is 3.34. The van der Waals surface area contributed by atoms with Gasteiger partial charge in [-0.05, 0) is 47.9 Å². The zero-order valence-corrected chi connectivity index (χ0v) is 18.0. The van der Waals surface area contributed by atoms with Gasteiger partial charge < -0.3 is 9.47 Å². The molecule has 1 aliphatic heterocycles. The summed E-state index contributed by atoms with van der Waals surface area (Å²) in [4.78, 5) is 23.1. The summed E-state index contributed by atoms with van der Waals surface area (Å²) in [5.74, 6) is -0.786. The number of ether oxygens (including phenoxy) is 2. The number of nitro groups is 1. The van der Waals surface area contributed by atoms with E-state index in [1.807, 2.05) is 24.3 Å². The molecular weight excluding hydrogens is 436 g/mol. The van der Waals surface area contributed by atoms with E-state index in [0.29, 0.717) is 13.1 Å². The summed E-state index contributed by atoms with van der Waals surface area (Å²) in [5.41, 5.74) is -0.427. The molecule has 1 heterocycles. The third-order valence-electron chi connectivity index (χ3n) is 5.30. The van der Waals surface area contributed by atoms with Gasteiger partial charge in [-0.2, -0.15) is 4.31 Å². The first-order valence-electron chi connectivity index (χ1n) is 9.89. The molecule has 0 radical (unpaired) electrons. The highest BCUT2D eigenvalue weighted by atomic mass is 32.2. The molecule has 10 heteroatoms. The second-order valence-corrected chi connectivity index (χ2v) is 9.22. The molecule has 0 atom stereocenters. The number of hydrogen-bond donors (Lipinski definition) is 0. The van der Waals surface area contributed by atoms with Crippen molar-refractivity contribution in [2.75, 3.05) is 20.2 Å². The van der Waals surface area contributed by atoms with Crippen molar-refractivity contribution in [1.82, 2.24) is 4.31 Å². The highest BCUT2D eigenvalue weighted by molar-refractivity contribution is 7.89. The molecule has 0 spiro atoms. The Hall–Kier alpha value is -3.50. The largest absolute Gasteiger partial charge is 0.465 e. The predicted octanol–water partition coefficient (Wildman–Crippen LogP) is 4.11. The van der Waals surface area contributed by atoms with Gasteiger partial charge in [0.25, 0.3) is 0 Å². The molecule has 4 rings (SSSR count). The maximum atomic E-state index is 12.8. The lowest BCUT2D eigenvalue weighted by atomic mass is 10.1. The average molecular weight is 456 g/mol. The summed E-state index contributed by atoms with van der Waals surface area (Å²) in [5, 5.41) is 13.2. The Kier molecular flexibility index (Phi) is 5.81. The predicted molar refractivity (Wildman–Crippen MR) is 116 cm³/mol. The number of rotatable bonds is 6. The number of benzene rings is 3. The molecule has 0 saturated carbocycles. The van der Waals surface area contributed by atoms with Crippen LogP contribution < -0.4 is 4.74 Å². The molecule has 1 aliphatic rings. The van der Waals surface area contributed by atoms with Crippen LogP contribution in [0.5, 0.6) is 11.5 Å². The van der Waals surface area contributed by atoms with Crippen molar-refractivity contribution in [2.24, 2.45) is 0 Å². The smallest absolute Gasteiger partial charge is 0.341 e. The molecule has 9 nitrogen and oxygen atoms in total. The summed E-state index contributed by atoms with van der Waals surface area (Å²) in [7, 11) is -2.62. The first kappa shape index (κ1) is 21.7. The molecule has 1 saturated heterocycles. The maximum absolute atomic E-state index is 12.8. The summed E-state index contributed by atoms with van der Waals surface area (Å²) in [6.07, 6.45) is 1.50. The second-order valence-electron chi connectivity index (χ2n) is 7.29. The van der Waals surface area contributed by atoms with E-state index in [0.717, 1.165) is 29.7 Å². The quantitative estimate of drug-likeness (QED) is 0.311. The van der Waals surface area contributed by atoms with Crippen LogP contribution in [0.15, 0.2) is 59.5 Å². The molecule has 32 heavy (non-hydrogen) atoms. The van der Waals surface area contributed by atoms with Crippen LogP contribution in [0, 0.1) is 10.1 Å². The van der Waals surface area contributed by atoms with E-state index in [2.05, 4.69) is 0 Å². The summed E-state index contributed by atoms with van der Waals surface area (Å²) in [6, 6.07) is 13.9. The molecule has 166 valence electrons. The Morgan fingerprint density at radius 3 is 2.28 bits per heavy atom. The fourth-order valence-corrected chi connectivity index (χ4v) is 5.19. The van der Waals surface area contributed by atoms with Gasteiger partial charge in [-0.1, -0.05) is 24.3 Å². The number of nitrogens with zero attached hydrogens (tertiary/aromatic N) is 2. The minimum atomic E-state index is -3.84. The van der Waals surface area contributed by atoms with Gasteiger partial charge in [0, 0.05) is 19.2 Å². The Balaban J connectivity index is 1.78. The fourth-order valence-electron chi connectivity index (χ4n) is 3.66. The lowest BCUT2D eigenvalue weighted by Crippen LogP contribution is -2.27. The second kappa shape index (κ2) is 8.56. The van der Waals surface area contributed by atoms with Gasteiger partial charge >= 0.3 is 11.7 Å². The maximum Gasteiger partial charge on any atom is 0.341 e. The van der Waals surface area contributed by atoms with Gasteiger partial charge in [-0.15, -0.1) is 0 Å². The minimum absolute atomic E-state index is 0.0637. The lowest BCUT2D eigenvalue weighted by Gasteiger charge is -2.16. The first-order valence-corrected chi connectivity index (χ1v) is 11.3. The number of sulfonamides is 1. The molecule has 0 unspecified atom stereocenters. The van der Waals surface area contributed by atoms with Crippen LogP contribution in [-0.2, 0) is 14.8 Å². The van der Waals surface area contributed by atoms with E-state index in [9.17, 15) is 23.3 Å². The van der Waals surface area contributed by atoms with Gasteiger partial charge in [-0.25, -0.2) is 13.2 Å². The third kappa shape index (κ3) is 4.02. The molecule has 0 amide bonds. The number of fused-ring (bicyclic) bond motifs is 1. The molecule has 0 aliphatic carbocycles. The highest BCUT2D eigenvalue weighted by Gasteiger charge is 2.30. The zero-order valence-electron chi connectivity index (χ0n) is 17.2. The standard InChI is InChI=1S/C22H20N2O7S/c1-30-22(25)18-12-15-6-2-3-7-16(15)13-21(18)31-20-9-8-17(14-19(20)24(26)27)32(28,29)23-10-4-5-11-23/h2-3,6-9,12-14H,4-5,10-11H2,1H3. The number of methoxy groups -OCH3 is 1. The van der Waals surface area contributed by atoms with Crippen LogP contribution >= 0.6 is 0 Å². The number of esters is 1. The third-order valence-corrected chi connectivity index (χ3v) is 7.20. The van der Waals surface area contributed by atoms with Gasteiger partial charge in [0.15, 0.2) is 0 Å². The van der Waals surface area contributed by atoms with E-state index >= 15 is 0 Å². The van der Waals surface area contributed by atoms with Crippen molar-refractivity contribution in [3.05, 3.63) is 70.3 Å². The van der Waals surface area contributed by atoms with E-state index in [1.165, 1.54) is 23.5 Å². The first-order chi connectivity index (χ1) is 15.3. The van der Waals surface area contributed by atoms with Gasteiger partial charge in [-0.3, -0.25) is 10.1 Å². The number of nitro benzene ring substituents is 1. The van der Waals surface area contributed by atoms with Crippen LogP contribution in [0.4, 0.5) is 5.69 Å². The van der Waals surface area contributed by atoms with Crippen molar-refractivity contribution in [1.29, 1.82) is 0 Å². The van der Waals surface area contributed by atoms with Crippen LogP contribution in [0.3, 0.4) is 0 Å². The molecule has 0 aromatic heterocycles. The zero-order chi connectivity index (χ0) is 22.9. The van der Waals surface area contributed by atoms with Gasteiger partial charge in [0.2, 0.25) is 15.8 Å². The van der Waals surface area contributed by atoms with Crippen molar-refractivity contribution in [2.45, 2.75) is 17.7 Å². The SMILES string of the molecule is COC(=O)c1cc2ccccc2cc1Oc1ccc(S(=O)(=O)N2CCCC2)cc1[N+](=O)[O-]. The van der Waals surface area contributed by atoms with E-state index in [1.54, 1.807) is 12.1 Å². The van der Waals surface area contributed by atoms with Crippen molar-refractivity contribution < 1.29 is 27.6 Å². The minimum Gasteiger partial charge on any atom is -0.465 e. The van der Waals surface area contributed by atoms with E-state index < -0.39 is 26.6 Å². The monoisotopic (exact) mass is 456 g/mol. The van der Waals surface area contributed by atoms with Gasteiger partial charge in [0.1, 0.15) is 11.3 Å². The Bertz CT molecular complexity index is 1320. The molecule has 0 N–H and O–H groups in total. The van der Waals surface area contributed by atoms with Crippen LogP contribution in [-0.4, -0.2) is 43.8 Å². The van der Waals surface area contributed by atoms with Crippen LogP contribution in [0.2, 0.25) is 0 Å². The molecular formula is C22H20N2O7S. The molecule has 1 fully saturated rings. The summed E-state index contributed by atoms with van der Waals surface area (Å²) < 4.78 is 37.5. The molecule has 3 aromatic carbocycles. The molecule has 3 aromatic rings. The van der Waals surface area contributed by atoms with Crippen LogP contribution in [0.25, 0.3) is 10.8 Å². The topological polar surface area (TPSA) is 116 Å². The highest BCUT2D eigenvalue weighted by Crippen LogP contribution is 2.37. The van der Waals surface area contributed by atoms with Crippen LogP contribution in [0.1, 0.15) is 23.2 Å². The normalized spacial score (nSPS) is 14.4. The van der Waals surface area contributed by atoms with Crippen molar-refractivity contribution >= 4 is 32.5 Å². The fraction of sp³-hybridized carbons (Fsp3) is 0.227. The van der Waals surface area contributed by atoms with E-state index in [4.69, 9.17) is 9.47 Å².